The van der Waals surface area contributed by atoms with E-state index in [9.17, 15) is 9.00 Å². The van der Waals surface area contributed by atoms with E-state index in [1.165, 1.54) is 0 Å². The van der Waals surface area contributed by atoms with Crippen molar-refractivity contribution >= 4 is 28.3 Å². The Morgan fingerprint density at radius 2 is 2.05 bits per heavy atom. The van der Waals surface area contributed by atoms with Crippen LogP contribution in [0.1, 0.15) is 6.92 Å². The van der Waals surface area contributed by atoms with Gasteiger partial charge in [0.05, 0.1) is 13.1 Å². The number of hydrogen-bond donors (Lipinski definition) is 1. The average molecular weight is 347 g/mol. The molecule has 0 saturated carbocycles. The fraction of sp³-hybridized carbons (Fsp3) is 0.533. The van der Waals surface area contributed by atoms with Crippen molar-refractivity contribution in [2.24, 2.45) is 0 Å². The molecule has 2 atom stereocenters. The van der Waals surface area contributed by atoms with Gasteiger partial charge in [-0.15, -0.1) is 0 Å². The van der Waals surface area contributed by atoms with Crippen molar-refractivity contribution in [2.45, 2.75) is 13.0 Å². The van der Waals surface area contributed by atoms with Crippen LogP contribution in [-0.2, 0) is 15.6 Å². The first-order valence-corrected chi connectivity index (χ1v) is 9.14. The van der Waals surface area contributed by atoms with Crippen molar-refractivity contribution in [3.8, 4) is 5.75 Å². The van der Waals surface area contributed by atoms with Crippen LogP contribution in [0, 0.1) is 0 Å². The molecule has 1 aromatic carbocycles. The molecule has 0 aromatic heterocycles. The Balaban J connectivity index is 2.20. The van der Waals surface area contributed by atoms with Gasteiger partial charge in [0.15, 0.2) is 0 Å². The maximum Gasteiger partial charge on any atom is 0.234 e. The Bertz CT molecular complexity index is 496. The first-order chi connectivity index (χ1) is 10.4. The van der Waals surface area contributed by atoms with E-state index in [1.807, 2.05) is 18.9 Å². The van der Waals surface area contributed by atoms with Gasteiger partial charge >= 0.3 is 0 Å². The van der Waals surface area contributed by atoms with Crippen molar-refractivity contribution in [1.29, 1.82) is 0 Å². The van der Waals surface area contributed by atoms with Crippen molar-refractivity contribution < 1.29 is 13.7 Å². The van der Waals surface area contributed by atoms with Gasteiger partial charge in [-0.3, -0.25) is 13.9 Å². The summed E-state index contributed by atoms with van der Waals surface area (Å²) >= 11 is 5.78. The number of nitrogens with zero attached hydrogens (tertiary/aromatic N) is 1. The molecule has 5 nitrogen and oxygen atoms in total. The molecule has 0 saturated heterocycles. The second kappa shape index (κ2) is 9.82. The predicted molar refractivity (Wildman–Crippen MR) is 91.0 cm³/mol. The highest BCUT2D eigenvalue weighted by atomic mass is 35.5. The molecule has 124 valence electrons. The molecular weight excluding hydrogens is 324 g/mol. The van der Waals surface area contributed by atoms with Crippen molar-refractivity contribution in [2.75, 3.05) is 38.8 Å². The largest absolute Gasteiger partial charge is 0.492 e. The van der Waals surface area contributed by atoms with Crippen LogP contribution in [0.4, 0.5) is 0 Å². The van der Waals surface area contributed by atoms with Gasteiger partial charge in [0, 0.05) is 33.9 Å². The highest BCUT2D eigenvalue weighted by Gasteiger charge is 2.13. The van der Waals surface area contributed by atoms with Crippen LogP contribution in [0.5, 0.6) is 5.75 Å². The summed E-state index contributed by atoms with van der Waals surface area (Å²) in [5.41, 5.74) is 0. The van der Waals surface area contributed by atoms with Crippen LogP contribution in [0.25, 0.3) is 0 Å². The molecule has 0 aliphatic heterocycles. The Labute approximate surface area is 139 Å². The number of amides is 1. The normalized spacial score (nSPS) is 13.7. The molecule has 22 heavy (non-hydrogen) atoms. The lowest BCUT2D eigenvalue weighted by Crippen LogP contribution is -2.42. The van der Waals surface area contributed by atoms with Crippen LogP contribution in [0.2, 0.25) is 5.02 Å². The van der Waals surface area contributed by atoms with Crippen LogP contribution < -0.4 is 10.1 Å². The standard InChI is InChI=1S/C15H23ClN2O3S/c1-12(11-22(3)20)18(2)10-15(19)17-8-9-21-14-6-4-13(16)5-7-14/h4-7,12H,8-11H2,1-3H3,(H,17,19)/t12-,22-/m0/s1. The zero-order valence-corrected chi connectivity index (χ0v) is 14.7. The van der Waals surface area contributed by atoms with Gasteiger partial charge in [-0.25, -0.2) is 0 Å². The Morgan fingerprint density at radius 3 is 2.64 bits per heavy atom. The average Bonchev–Trinajstić information content (AvgIpc) is 2.44. The molecule has 0 unspecified atom stereocenters. The van der Waals surface area contributed by atoms with Crippen molar-refractivity contribution in [1.82, 2.24) is 10.2 Å². The van der Waals surface area contributed by atoms with Crippen LogP contribution in [0.3, 0.4) is 0 Å². The molecule has 1 amide bonds. The Morgan fingerprint density at radius 1 is 1.41 bits per heavy atom. The van der Waals surface area contributed by atoms with Gasteiger partial charge in [-0.05, 0) is 38.2 Å². The number of benzene rings is 1. The lowest BCUT2D eigenvalue weighted by Gasteiger charge is -2.23. The molecule has 0 fully saturated rings. The van der Waals surface area contributed by atoms with Crippen LogP contribution in [0.15, 0.2) is 24.3 Å². The second-order valence-electron chi connectivity index (χ2n) is 5.16. The summed E-state index contributed by atoms with van der Waals surface area (Å²) < 4.78 is 16.7. The maximum atomic E-state index is 11.8. The first kappa shape index (κ1) is 18.9. The number of halogens is 1. The van der Waals surface area contributed by atoms with Crippen LogP contribution in [-0.4, -0.2) is 59.8 Å². The topological polar surface area (TPSA) is 58.6 Å². The quantitative estimate of drug-likeness (QED) is 0.689. The molecule has 1 N–H and O–H groups in total. The number of carbonyl (C=O) groups is 1. The molecule has 0 radical (unpaired) electrons. The molecule has 0 aliphatic rings. The molecular formula is C15H23ClN2O3S. The summed E-state index contributed by atoms with van der Waals surface area (Å²) in [4.78, 5) is 13.7. The number of nitrogens with one attached hydrogen (secondary N) is 1. The van der Waals surface area contributed by atoms with E-state index in [-0.39, 0.29) is 18.5 Å². The van der Waals surface area contributed by atoms with E-state index in [4.69, 9.17) is 16.3 Å². The number of likely N-dealkylation sites (N-methyl/N-ethyl adjacent to an activating group) is 1. The Hall–Kier alpha value is -1.11. The van der Waals surface area contributed by atoms with Gasteiger partial charge in [0.2, 0.25) is 5.91 Å². The zero-order chi connectivity index (χ0) is 16.5. The Kier molecular flexibility index (Phi) is 8.45. The maximum absolute atomic E-state index is 11.8. The van der Waals surface area contributed by atoms with E-state index < -0.39 is 10.8 Å². The number of hydrogen-bond acceptors (Lipinski definition) is 4. The van der Waals surface area contributed by atoms with Crippen molar-refractivity contribution in [3.63, 3.8) is 0 Å². The minimum absolute atomic E-state index is 0.0732. The van der Waals surface area contributed by atoms with Gasteiger partial charge in [-0.2, -0.15) is 0 Å². The fourth-order valence-corrected chi connectivity index (χ4v) is 2.86. The minimum atomic E-state index is -0.864. The molecule has 0 aliphatic carbocycles. The lowest BCUT2D eigenvalue weighted by atomic mass is 10.3. The summed E-state index contributed by atoms with van der Waals surface area (Å²) in [6, 6.07) is 7.17. The lowest BCUT2D eigenvalue weighted by molar-refractivity contribution is -0.122. The smallest absolute Gasteiger partial charge is 0.234 e. The third kappa shape index (κ3) is 7.77. The zero-order valence-electron chi connectivity index (χ0n) is 13.2. The molecule has 0 bridgehead atoms. The van der Waals surface area contributed by atoms with E-state index in [1.54, 1.807) is 30.5 Å². The molecule has 1 rings (SSSR count). The van der Waals surface area contributed by atoms with Gasteiger partial charge in [0.25, 0.3) is 0 Å². The fourth-order valence-electron chi connectivity index (χ4n) is 1.80. The summed E-state index contributed by atoms with van der Waals surface area (Å²) in [7, 11) is 0.985. The molecule has 0 heterocycles. The molecule has 0 spiro atoms. The highest BCUT2D eigenvalue weighted by molar-refractivity contribution is 7.84. The first-order valence-electron chi connectivity index (χ1n) is 7.04. The molecule has 7 heteroatoms. The summed E-state index contributed by atoms with van der Waals surface area (Å²) in [5, 5.41) is 3.45. The number of ether oxygens (including phenoxy) is 1. The summed E-state index contributed by atoms with van der Waals surface area (Å²) in [6.07, 6.45) is 1.67. The van der Waals surface area contributed by atoms with E-state index in [2.05, 4.69) is 5.32 Å². The third-order valence-electron chi connectivity index (χ3n) is 3.13. The molecule has 1 aromatic rings. The summed E-state index contributed by atoms with van der Waals surface area (Å²) in [6.45, 7) is 3.06. The number of rotatable bonds is 9. The van der Waals surface area contributed by atoms with Gasteiger partial charge in [0.1, 0.15) is 12.4 Å². The van der Waals surface area contributed by atoms with E-state index in [0.717, 1.165) is 5.75 Å². The van der Waals surface area contributed by atoms with Gasteiger partial charge in [-0.1, -0.05) is 11.6 Å². The van der Waals surface area contributed by atoms with E-state index in [0.29, 0.717) is 23.9 Å². The SMILES string of the molecule is C[C@@H](C[S@](C)=O)N(C)CC(=O)NCCOc1ccc(Cl)cc1. The van der Waals surface area contributed by atoms with E-state index >= 15 is 0 Å². The van der Waals surface area contributed by atoms with Crippen molar-refractivity contribution in [3.05, 3.63) is 29.3 Å². The summed E-state index contributed by atoms with van der Waals surface area (Å²) in [5.74, 6) is 1.20. The highest BCUT2D eigenvalue weighted by Crippen LogP contribution is 2.15. The second-order valence-corrected chi connectivity index (χ2v) is 7.07. The minimum Gasteiger partial charge on any atom is -0.492 e. The third-order valence-corrected chi connectivity index (χ3v) is 4.33. The number of carbonyl (C=O) groups excluding carboxylic acids is 1. The van der Waals surface area contributed by atoms with Crippen LogP contribution >= 0.6 is 11.6 Å². The van der Waals surface area contributed by atoms with Gasteiger partial charge < -0.3 is 10.1 Å². The predicted octanol–water partition coefficient (Wildman–Crippen LogP) is 1.53. The monoisotopic (exact) mass is 346 g/mol.